The van der Waals surface area contributed by atoms with Crippen molar-refractivity contribution in [1.82, 2.24) is 25.0 Å². The van der Waals surface area contributed by atoms with Gasteiger partial charge in [-0.1, -0.05) is 12.1 Å². The Morgan fingerprint density at radius 1 is 1.32 bits per heavy atom. The van der Waals surface area contributed by atoms with Crippen LogP contribution in [0.5, 0.6) is 0 Å². The zero-order valence-corrected chi connectivity index (χ0v) is 13.2. The van der Waals surface area contributed by atoms with Crippen LogP contribution in [0, 0.1) is 6.92 Å². The molecule has 2 heterocycles. The molecule has 1 amide bonds. The second-order valence-corrected chi connectivity index (χ2v) is 5.35. The van der Waals surface area contributed by atoms with Crippen molar-refractivity contribution in [3.63, 3.8) is 0 Å². The highest BCUT2D eigenvalue weighted by atomic mass is 19.4. The van der Waals surface area contributed by atoms with E-state index in [0.717, 1.165) is 0 Å². The number of H-pyrrole nitrogens is 1. The van der Waals surface area contributed by atoms with Crippen LogP contribution in [0.25, 0.3) is 11.4 Å². The van der Waals surface area contributed by atoms with E-state index in [4.69, 9.17) is 0 Å². The molecule has 0 aliphatic carbocycles. The zero-order valence-electron chi connectivity index (χ0n) is 13.2. The van der Waals surface area contributed by atoms with Gasteiger partial charge in [-0.2, -0.15) is 23.4 Å². The number of hydrogen-bond acceptors (Lipinski definition) is 4. The summed E-state index contributed by atoms with van der Waals surface area (Å²) in [5, 5.41) is 12.0. The number of carbonyl (C=O) groups excluding carboxylic acids is 1. The summed E-state index contributed by atoms with van der Waals surface area (Å²) in [5.74, 6) is -0.459. The van der Waals surface area contributed by atoms with Gasteiger partial charge in [-0.3, -0.25) is 14.6 Å². The molecular formula is C15H13F3N6O. The first kappa shape index (κ1) is 16.7. The molecule has 0 aliphatic rings. The number of alkyl halides is 3. The fourth-order valence-electron chi connectivity index (χ4n) is 2.31. The molecule has 7 nitrogen and oxygen atoms in total. The molecule has 0 bridgehead atoms. The lowest BCUT2D eigenvalue weighted by atomic mass is 10.1. The average molecular weight is 350 g/mol. The van der Waals surface area contributed by atoms with Crippen molar-refractivity contribution < 1.29 is 18.0 Å². The van der Waals surface area contributed by atoms with Gasteiger partial charge in [0, 0.05) is 24.0 Å². The monoisotopic (exact) mass is 350 g/mol. The second kappa shape index (κ2) is 6.04. The Morgan fingerprint density at radius 2 is 2.08 bits per heavy atom. The number of aryl methyl sites for hydroxylation is 2. The minimum absolute atomic E-state index is 0.0346. The first-order valence-corrected chi connectivity index (χ1v) is 7.15. The molecule has 0 saturated heterocycles. The lowest BCUT2D eigenvalue weighted by Crippen LogP contribution is -2.18. The Bertz CT molecular complexity index is 927. The number of nitrogens with zero attached hydrogens (tertiary/aromatic N) is 4. The fourth-order valence-corrected chi connectivity index (χ4v) is 2.31. The summed E-state index contributed by atoms with van der Waals surface area (Å²) in [6.45, 7) is 1.35. The van der Waals surface area contributed by atoms with E-state index in [2.05, 4.69) is 25.6 Å². The topological polar surface area (TPSA) is 88.5 Å². The van der Waals surface area contributed by atoms with Crippen molar-refractivity contribution in [3.8, 4) is 11.4 Å². The van der Waals surface area contributed by atoms with Crippen LogP contribution in [0.4, 0.5) is 18.9 Å². The molecule has 0 atom stereocenters. The Labute approximate surface area is 139 Å². The van der Waals surface area contributed by atoms with Crippen LogP contribution < -0.4 is 5.32 Å². The zero-order chi connectivity index (χ0) is 18.2. The van der Waals surface area contributed by atoms with Gasteiger partial charge >= 0.3 is 6.18 Å². The number of carbonyl (C=O) groups is 1. The Hall–Kier alpha value is -3.17. The lowest BCUT2D eigenvalue weighted by Gasteiger charge is -2.09. The van der Waals surface area contributed by atoms with Crippen molar-refractivity contribution in [1.29, 1.82) is 0 Å². The highest BCUT2D eigenvalue weighted by molar-refractivity contribution is 6.06. The normalized spacial score (nSPS) is 11.6. The minimum atomic E-state index is -4.73. The molecule has 3 aromatic rings. The predicted molar refractivity (Wildman–Crippen MR) is 82.7 cm³/mol. The van der Waals surface area contributed by atoms with Crippen molar-refractivity contribution >= 4 is 11.6 Å². The van der Waals surface area contributed by atoms with Crippen molar-refractivity contribution in [2.45, 2.75) is 13.1 Å². The smallest absolute Gasteiger partial charge is 0.322 e. The summed E-state index contributed by atoms with van der Waals surface area (Å²) in [6.07, 6.45) is -3.21. The van der Waals surface area contributed by atoms with Crippen LogP contribution in [0.15, 0.2) is 30.6 Å². The van der Waals surface area contributed by atoms with Gasteiger partial charge in [0.1, 0.15) is 6.33 Å². The van der Waals surface area contributed by atoms with E-state index in [-0.39, 0.29) is 5.69 Å². The number of aromatic nitrogens is 5. The van der Waals surface area contributed by atoms with Gasteiger partial charge in [-0.25, -0.2) is 4.98 Å². The number of hydrogen-bond donors (Lipinski definition) is 2. The van der Waals surface area contributed by atoms with Gasteiger partial charge in [0.05, 0.1) is 5.56 Å². The number of anilines is 1. The summed E-state index contributed by atoms with van der Waals surface area (Å²) in [6, 6.07) is 6.52. The van der Waals surface area contributed by atoms with Gasteiger partial charge in [0.25, 0.3) is 5.91 Å². The first-order chi connectivity index (χ1) is 11.8. The summed E-state index contributed by atoms with van der Waals surface area (Å²) in [7, 11) is 1.71. The number of aromatic amines is 1. The quantitative estimate of drug-likeness (QED) is 0.760. The van der Waals surface area contributed by atoms with E-state index >= 15 is 0 Å². The molecule has 0 spiro atoms. The number of halogens is 3. The number of benzene rings is 1. The summed E-state index contributed by atoms with van der Waals surface area (Å²) in [4.78, 5) is 16.4. The van der Waals surface area contributed by atoms with Crippen LogP contribution in [-0.2, 0) is 13.2 Å². The van der Waals surface area contributed by atoms with Crippen LogP contribution in [0.2, 0.25) is 0 Å². The summed E-state index contributed by atoms with van der Waals surface area (Å²) < 4.78 is 40.4. The molecule has 130 valence electrons. The van der Waals surface area contributed by atoms with E-state index in [1.807, 2.05) is 0 Å². The van der Waals surface area contributed by atoms with Gasteiger partial charge in [0.2, 0.25) is 0 Å². The van der Waals surface area contributed by atoms with E-state index in [1.54, 1.807) is 31.3 Å². The lowest BCUT2D eigenvalue weighted by molar-refractivity contribution is -0.141. The third-order valence-electron chi connectivity index (χ3n) is 3.42. The third kappa shape index (κ3) is 3.37. The Kier molecular flexibility index (Phi) is 4.03. The third-order valence-corrected chi connectivity index (χ3v) is 3.42. The largest absolute Gasteiger partial charge is 0.435 e. The molecule has 1 aromatic carbocycles. The molecule has 2 N–H and O–H groups in total. The van der Waals surface area contributed by atoms with Gasteiger partial charge in [-0.15, -0.1) is 0 Å². The fraction of sp³-hybridized carbons (Fsp3) is 0.200. The molecule has 25 heavy (non-hydrogen) atoms. The molecule has 10 heteroatoms. The van der Waals surface area contributed by atoms with Crippen LogP contribution in [-0.4, -0.2) is 30.9 Å². The maximum Gasteiger partial charge on any atom is 0.435 e. The number of nitrogens with one attached hydrogen (secondary N) is 2. The summed E-state index contributed by atoms with van der Waals surface area (Å²) in [5.41, 5.74) is -0.798. The molecule has 3 rings (SSSR count). The Morgan fingerprint density at radius 3 is 2.72 bits per heavy atom. The maximum absolute atomic E-state index is 13.0. The van der Waals surface area contributed by atoms with E-state index in [0.29, 0.717) is 17.1 Å². The summed E-state index contributed by atoms with van der Waals surface area (Å²) >= 11 is 0. The number of amides is 1. The predicted octanol–water partition coefficient (Wildman–Crippen LogP) is 2.78. The Balaban J connectivity index is 1.89. The van der Waals surface area contributed by atoms with E-state index in [9.17, 15) is 18.0 Å². The van der Waals surface area contributed by atoms with Gasteiger partial charge in [0.15, 0.2) is 11.5 Å². The number of rotatable bonds is 3. The van der Waals surface area contributed by atoms with Crippen LogP contribution in [0.3, 0.4) is 0 Å². The maximum atomic E-state index is 13.0. The standard InChI is InChI=1S/C15H13F3N6O/c1-8-11(12(22-21-8)15(16,17)18)14(25)20-10-5-3-4-9(6-10)13-19-7-24(2)23-13/h3-7H,1-2H3,(H,20,25)(H,21,22). The highest BCUT2D eigenvalue weighted by Crippen LogP contribution is 2.32. The molecule has 0 fully saturated rings. The molecule has 0 unspecified atom stereocenters. The van der Waals surface area contributed by atoms with Crippen molar-refractivity contribution in [2.75, 3.05) is 5.32 Å². The molecule has 0 aliphatic heterocycles. The van der Waals surface area contributed by atoms with E-state index in [1.165, 1.54) is 17.9 Å². The average Bonchev–Trinajstić information content (AvgIpc) is 3.13. The van der Waals surface area contributed by atoms with Crippen LogP contribution >= 0.6 is 0 Å². The van der Waals surface area contributed by atoms with Gasteiger partial charge in [-0.05, 0) is 19.1 Å². The second-order valence-electron chi connectivity index (χ2n) is 5.35. The van der Waals surface area contributed by atoms with Crippen LogP contribution in [0.1, 0.15) is 21.7 Å². The van der Waals surface area contributed by atoms with Crippen molar-refractivity contribution in [2.24, 2.45) is 7.05 Å². The van der Waals surface area contributed by atoms with Gasteiger partial charge < -0.3 is 5.32 Å². The molecule has 2 aromatic heterocycles. The highest BCUT2D eigenvalue weighted by Gasteiger charge is 2.39. The van der Waals surface area contributed by atoms with Crippen molar-refractivity contribution in [3.05, 3.63) is 47.5 Å². The molecular weight excluding hydrogens is 337 g/mol. The molecule has 0 saturated carbocycles. The minimum Gasteiger partial charge on any atom is -0.322 e. The first-order valence-electron chi connectivity index (χ1n) is 7.15. The van der Waals surface area contributed by atoms with E-state index < -0.39 is 23.3 Å². The molecule has 0 radical (unpaired) electrons. The SMILES string of the molecule is Cc1[nH]nc(C(F)(F)F)c1C(=O)Nc1cccc(-c2ncn(C)n2)c1.